The Bertz CT molecular complexity index is 181. The molecular formula is C10H16F2. The van der Waals surface area contributed by atoms with Crippen LogP contribution in [-0.4, -0.2) is 5.92 Å². The smallest absolute Gasteiger partial charge is 0.192 e. The Morgan fingerprint density at radius 3 is 2.00 bits per heavy atom. The van der Waals surface area contributed by atoms with Gasteiger partial charge in [0.25, 0.3) is 0 Å². The van der Waals surface area contributed by atoms with E-state index in [1.165, 1.54) is 12.8 Å². The maximum Gasteiger partial charge on any atom is 0.310 e. The van der Waals surface area contributed by atoms with Gasteiger partial charge in [-0.05, 0) is 17.8 Å². The Labute approximate surface area is 73.4 Å². The third-order valence-electron chi connectivity index (χ3n) is 1.73. The second-order valence-electron chi connectivity index (χ2n) is 4.43. The van der Waals surface area contributed by atoms with Crippen LogP contribution in [0.3, 0.4) is 0 Å². The van der Waals surface area contributed by atoms with Crippen LogP contribution in [0, 0.1) is 23.7 Å². The molecule has 0 aliphatic carbocycles. The highest BCUT2D eigenvalue weighted by atomic mass is 19.3. The zero-order chi connectivity index (χ0) is 9.99. The van der Waals surface area contributed by atoms with E-state index in [4.69, 9.17) is 6.42 Å². The van der Waals surface area contributed by atoms with E-state index in [1.54, 1.807) is 0 Å². The van der Waals surface area contributed by atoms with Gasteiger partial charge in [-0.2, -0.15) is 8.78 Å². The molecule has 0 spiro atoms. The van der Waals surface area contributed by atoms with E-state index in [0.29, 0.717) is 6.42 Å². The summed E-state index contributed by atoms with van der Waals surface area (Å²) in [5.41, 5.74) is -0.0975. The lowest BCUT2D eigenvalue weighted by atomic mass is 9.83. The van der Waals surface area contributed by atoms with Crippen molar-refractivity contribution in [1.29, 1.82) is 0 Å². The summed E-state index contributed by atoms with van der Waals surface area (Å²) in [6.07, 6.45) is 5.16. The van der Waals surface area contributed by atoms with Crippen LogP contribution >= 0.6 is 0 Å². The van der Waals surface area contributed by atoms with Gasteiger partial charge in [0.05, 0.1) is 0 Å². The first-order chi connectivity index (χ1) is 5.19. The van der Waals surface area contributed by atoms with Crippen molar-refractivity contribution in [1.82, 2.24) is 0 Å². The molecule has 0 fully saturated rings. The minimum Gasteiger partial charge on any atom is -0.192 e. The summed E-state index contributed by atoms with van der Waals surface area (Å²) < 4.78 is 25.7. The Balaban J connectivity index is 4.25. The van der Waals surface area contributed by atoms with E-state index < -0.39 is 11.8 Å². The molecule has 0 aliphatic rings. The molecule has 0 saturated carbocycles. The summed E-state index contributed by atoms with van der Waals surface area (Å²) in [5.74, 6) is -2.18. The van der Waals surface area contributed by atoms with Gasteiger partial charge >= 0.3 is 5.92 Å². The zero-order valence-corrected chi connectivity index (χ0v) is 8.12. The van der Waals surface area contributed by atoms with E-state index >= 15 is 0 Å². The molecule has 0 aromatic rings. The van der Waals surface area contributed by atoms with Crippen LogP contribution in [0.2, 0.25) is 0 Å². The molecule has 1 unspecified atom stereocenters. The molecule has 12 heavy (non-hydrogen) atoms. The van der Waals surface area contributed by atoms with E-state index in [9.17, 15) is 8.78 Å². The van der Waals surface area contributed by atoms with Crippen LogP contribution in [-0.2, 0) is 0 Å². The van der Waals surface area contributed by atoms with E-state index in [-0.39, 0.29) is 5.41 Å². The van der Waals surface area contributed by atoms with E-state index in [1.807, 2.05) is 20.8 Å². The molecule has 0 nitrogen and oxygen atoms in total. The molecule has 0 bridgehead atoms. The van der Waals surface area contributed by atoms with E-state index in [2.05, 4.69) is 0 Å². The van der Waals surface area contributed by atoms with Gasteiger partial charge in [-0.25, -0.2) is 0 Å². The van der Waals surface area contributed by atoms with Crippen LogP contribution < -0.4 is 0 Å². The molecule has 0 saturated heterocycles. The van der Waals surface area contributed by atoms with Crippen LogP contribution in [0.1, 0.15) is 34.1 Å². The van der Waals surface area contributed by atoms with Gasteiger partial charge in [0.2, 0.25) is 0 Å². The van der Waals surface area contributed by atoms with Crippen molar-refractivity contribution in [3.05, 3.63) is 0 Å². The molecule has 70 valence electrons. The monoisotopic (exact) mass is 174 g/mol. The van der Waals surface area contributed by atoms with Crippen molar-refractivity contribution < 1.29 is 8.78 Å². The van der Waals surface area contributed by atoms with Crippen molar-refractivity contribution in [2.45, 2.75) is 40.0 Å². The Morgan fingerprint density at radius 1 is 1.33 bits per heavy atom. The molecule has 0 rings (SSSR count). The molecule has 0 N–H and O–H groups in total. The topological polar surface area (TPSA) is 0 Å². The van der Waals surface area contributed by atoms with Gasteiger partial charge < -0.3 is 0 Å². The van der Waals surface area contributed by atoms with Gasteiger partial charge in [0.15, 0.2) is 0 Å². The first-order valence-corrected chi connectivity index (χ1v) is 4.04. The van der Waals surface area contributed by atoms with Crippen LogP contribution in [0.25, 0.3) is 0 Å². The van der Waals surface area contributed by atoms with E-state index in [0.717, 1.165) is 0 Å². The molecule has 0 aromatic heterocycles. The predicted molar refractivity (Wildman–Crippen MR) is 47.0 cm³/mol. The van der Waals surface area contributed by atoms with Crippen molar-refractivity contribution in [2.75, 3.05) is 0 Å². The summed E-state index contributed by atoms with van der Waals surface area (Å²) in [6, 6.07) is 0. The molecular weight excluding hydrogens is 158 g/mol. The van der Waals surface area contributed by atoms with Crippen molar-refractivity contribution >= 4 is 0 Å². The third-order valence-corrected chi connectivity index (χ3v) is 1.73. The Kier molecular flexibility index (Phi) is 3.26. The van der Waals surface area contributed by atoms with Crippen molar-refractivity contribution in [3.63, 3.8) is 0 Å². The maximum atomic E-state index is 12.8. The lowest BCUT2D eigenvalue weighted by Gasteiger charge is -2.26. The minimum atomic E-state index is -2.96. The number of hydrogen-bond donors (Lipinski definition) is 0. The van der Waals surface area contributed by atoms with Gasteiger partial charge in [0.1, 0.15) is 0 Å². The fourth-order valence-corrected chi connectivity index (χ4v) is 1.19. The molecule has 0 aromatic carbocycles. The SMILES string of the molecule is C#CC(F)(F)C(C)CC(C)(C)C. The summed E-state index contributed by atoms with van der Waals surface area (Å²) >= 11 is 0. The summed E-state index contributed by atoms with van der Waals surface area (Å²) in [7, 11) is 0. The summed E-state index contributed by atoms with van der Waals surface area (Å²) in [6.45, 7) is 7.27. The number of hydrogen-bond acceptors (Lipinski definition) is 0. The third kappa shape index (κ3) is 3.71. The lowest BCUT2D eigenvalue weighted by molar-refractivity contribution is -0.00725. The first kappa shape index (κ1) is 11.4. The number of terminal acetylenes is 1. The van der Waals surface area contributed by atoms with Crippen LogP contribution in [0.5, 0.6) is 0 Å². The fourth-order valence-electron chi connectivity index (χ4n) is 1.19. The quantitative estimate of drug-likeness (QED) is 0.563. The molecule has 0 radical (unpaired) electrons. The summed E-state index contributed by atoms with van der Waals surface area (Å²) in [5, 5.41) is 0. The first-order valence-electron chi connectivity index (χ1n) is 4.04. The fraction of sp³-hybridized carbons (Fsp3) is 0.800. The second-order valence-corrected chi connectivity index (χ2v) is 4.43. The molecule has 1 atom stereocenters. The minimum absolute atomic E-state index is 0.0975. The largest absolute Gasteiger partial charge is 0.310 e. The number of alkyl halides is 2. The van der Waals surface area contributed by atoms with Gasteiger partial charge in [-0.1, -0.05) is 27.7 Å². The normalized spacial score (nSPS) is 15.4. The number of halogens is 2. The van der Waals surface area contributed by atoms with Crippen molar-refractivity contribution in [2.24, 2.45) is 11.3 Å². The molecule has 0 heterocycles. The average Bonchev–Trinajstić information content (AvgIpc) is 1.84. The maximum absolute atomic E-state index is 12.8. The van der Waals surface area contributed by atoms with Gasteiger partial charge in [-0.3, -0.25) is 0 Å². The highest BCUT2D eigenvalue weighted by Gasteiger charge is 2.35. The molecule has 2 heteroatoms. The zero-order valence-electron chi connectivity index (χ0n) is 8.12. The molecule has 0 amide bonds. The van der Waals surface area contributed by atoms with Crippen LogP contribution in [0.15, 0.2) is 0 Å². The summed E-state index contributed by atoms with van der Waals surface area (Å²) in [4.78, 5) is 0. The Morgan fingerprint density at radius 2 is 1.75 bits per heavy atom. The van der Waals surface area contributed by atoms with Gasteiger partial charge in [-0.15, -0.1) is 6.42 Å². The van der Waals surface area contributed by atoms with Gasteiger partial charge in [0, 0.05) is 5.92 Å². The molecule has 0 aliphatic heterocycles. The van der Waals surface area contributed by atoms with Crippen molar-refractivity contribution in [3.8, 4) is 12.3 Å². The second kappa shape index (κ2) is 3.43. The average molecular weight is 174 g/mol. The lowest BCUT2D eigenvalue weighted by Crippen LogP contribution is -2.27. The number of rotatable bonds is 2. The standard InChI is InChI=1S/C10H16F2/c1-6-10(11,12)8(2)7-9(3,4)5/h1,8H,7H2,2-5H3. The Hall–Kier alpha value is -0.580. The van der Waals surface area contributed by atoms with Crippen LogP contribution in [0.4, 0.5) is 8.78 Å². The highest BCUT2D eigenvalue weighted by molar-refractivity contribution is 5.03. The predicted octanol–water partition coefficient (Wildman–Crippen LogP) is 3.33. The highest BCUT2D eigenvalue weighted by Crippen LogP contribution is 2.33.